The van der Waals surface area contributed by atoms with Gasteiger partial charge in [-0.15, -0.1) is 0 Å². The molecule has 0 aromatic carbocycles. The van der Waals surface area contributed by atoms with Crippen LogP contribution in [0.3, 0.4) is 0 Å². The highest BCUT2D eigenvalue weighted by Gasteiger charge is 2.48. The van der Waals surface area contributed by atoms with Gasteiger partial charge in [-0.25, -0.2) is 0 Å². The molecule has 1 saturated carbocycles. The third-order valence-electron chi connectivity index (χ3n) is 5.38. The summed E-state index contributed by atoms with van der Waals surface area (Å²) < 4.78 is 11.5. The van der Waals surface area contributed by atoms with E-state index in [-0.39, 0.29) is 5.79 Å². The maximum absolute atomic E-state index is 11.7. The second kappa shape index (κ2) is 5.28. The van der Waals surface area contributed by atoms with E-state index in [1.165, 1.54) is 0 Å². The normalized spacial score (nSPS) is 35.5. The molecule has 0 radical (unpaired) electrons. The molecular formula is C15H25NO4. The van der Waals surface area contributed by atoms with Gasteiger partial charge in [0, 0.05) is 18.9 Å². The standard InChI is InChI=1S/C15H25NO4/c1-14(13(17)18)6-2-3-9-16(14)12-4-7-15(8-5-12)19-10-11-20-15/h12H,2-11H2,1H3,(H,17,18). The number of carboxylic acids is 1. The molecule has 1 aliphatic carbocycles. The first-order valence-corrected chi connectivity index (χ1v) is 7.84. The van der Waals surface area contributed by atoms with E-state index in [1.54, 1.807) is 0 Å². The lowest BCUT2D eigenvalue weighted by Crippen LogP contribution is -2.60. The van der Waals surface area contributed by atoms with Gasteiger partial charge in [-0.2, -0.15) is 0 Å². The van der Waals surface area contributed by atoms with Crippen LogP contribution in [-0.2, 0) is 14.3 Å². The Morgan fingerprint density at radius 2 is 1.80 bits per heavy atom. The fraction of sp³-hybridized carbons (Fsp3) is 0.933. The zero-order valence-corrected chi connectivity index (χ0v) is 12.3. The second-order valence-corrected chi connectivity index (χ2v) is 6.57. The molecule has 0 aromatic rings. The Hall–Kier alpha value is -0.650. The maximum Gasteiger partial charge on any atom is 0.323 e. The van der Waals surface area contributed by atoms with Gasteiger partial charge in [0.05, 0.1) is 13.2 Å². The number of rotatable bonds is 2. The third kappa shape index (κ3) is 2.36. The highest BCUT2D eigenvalue weighted by Crippen LogP contribution is 2.41. The molecule has 2 heterocycles. The van der Waals surface area contributed by atoms with Crippen LogP contribution in [0.15, 0.2) is 0 Å². The molecule has 3 aliphatic rings. The van der Waals surface area contributed by atoms with Crippen LogP contribution in [0.2, 0.25) is 0 Å². The number of likely N-dealkylation sites (tertiary alicyclic amines) is 1. The van der Waals surface area contributed by atoms with Crippen LogP contribution in [0.25, 0.3) is 0 Å². The van der Waals surface area contributed by atoms with Crippen molar-refractivity contribution in [1.82, 2.24) is 4.90 Å². The number of piperidine rings is 1. The van der Waals surface area contributed by atoms with E-state index < -0.39 is 11.5 Å². The van der Waals surface area contributed by atoms with E-state index in [9.17, 15) is 9.90 Å². The average molecular weight is 283 g/mol. The van der Waals surface area contributed by atoms with E-state index in [2.05, 4.69) is 4.90 Å². The summed E-state index contributed by atoms with van der Waals surface area (Å²) in [6, 6.07) is 0.356. The van der Waals surface area contributed by atoms with E-state index in [0.29, 0.717) is 19.3 Å². The van der Waals surface area contributed by atoms with Crippen molar-refractivity contribution in [3.8, 4) is 0 Å². The molecule has 5 nitrogen and oxygen atoms in total. The molecule has 1 N–H and O–H groups in total. The summed E-state index contributed by atoms with van der Waals surface area (Å²) in [4.78, 5) is 13.9. The molecule has 0 amide bonds. The van der Waals surface area contributed by atoms with Gasteiger partial charge < -0.3 is 14.6 Å². The number of carbonyl (C=O) groups is 1. The van der Waals surface area contributed by atoms with Gasteiger partial charge in [0.1, 0.15) is 5.54 Å². The van der Waals surface area contributed by atoms with Gasteiger partial charge in [0.25, 0.3) is 0 Å². The first kappa shape index (κ1) is 14.3. The minimum absolute atomic E-state index is 0.355. The molecule has 20 heavy (non-hydrogen) atoms. The number of aliphatic carboxylic acids is 1. The van der Waals surface area contributed by atoms with Crippen molar-refractivity contribution in [3.63, 3.8) is 0 Å². The van der Waals surface area contributed by atoms with Crippen molar-refractivity contribution in [2.45, 2.75) is 69.2 Å². The number of nitrogens with zero attached hydrogens (tertiary/aromatic N) is 1. The van der Waals surface area contributed by atoms with Gasteiger partial charge in [0.15, 0.2) is 5.79 Å². The van der Waals surface area contributed by atoms with Crippen LogP contribution in [0, 0.1) is 0 Å². The van der Waals surface area contributed by atoms with Crippen LogP contribution in [0.1, 0.15) is 51.9 Å². The van der Waals surface area contributed by atoms with Crippen LogP contribution in [0.5, 0.6) is 0 Å². The Morgan fingerprint density at radius 1 is 1.15 bits per heavy atom. The Bertz CT molecular complexity index is 370. The third-order valence-corrected chi connectivity index (χ3v) is 5.38. The van der Waals surface area contributed by atoms with Gasteiger partial charge in [0.2, 0.25) is 0 Å². The Morgan fingerprint density at radius 3 is 2.40 bits per heavy atom. The number of carboxylic acid groups (broad SMARTS) is 1. The maximum atomic E-state index is 11.7. The van der Waals surface area contributed by atoms with Crippen molar-refractivity contribution < 1.29 is 19.4 Å². The largest absolute Gasteiger partial charge is 0.480 e. The molecule has 2 aliphatic heterocycles. The average Bonchev–Trinajstić information content (AvgIpc) is 2.89. The second-order valence-electron chi connectivity index (χ2n) is 6.57. The monoisotopic (exact) mass is 283 g/mol. The lowest BCUT2D eigenvalue weighted by atomic mass is 9.82. The molecule has 2 saturated heterocycles. The van der Waals surface area contributed by atoms with Crippen molar-refractivity contribution in [2.24, 2.45) is 0 Å². The summed E-state index contributed by atoms with van der Waals surface area (Å²) >= 11 is 0. The predicted octanol–water partition coefficient (Wildman–Crippen LogP) is 2.00. The minimum Gasteiger partial charge on any atom is -0.480 e. The molecule has 0 aromatic heterocycles. The van der Waals surface area contributed by atoms with Gasteiger partial charge in [-0.05, 0) is 45.6 Å². The van der Waals surface area contributed by atoms with Crippen LogP contribution >= 0.6 is 0 Å². The van der Waals surface area contributed by atoms with E-state index >= 15 is 0 Å². The summed E-state index contributed by atoms with van der Waals surface area (Å²) in [5.74, 6) is -1.03. The molecule has 0 bridgehead atoms. The highest BCUT2D eigenvalue weighted by atomic mass is 16.7. The van der Waals surface area contributed by atoms with Crippen molar-refractivity contribution in [1.29, 1.82) is 0 Å². The van der Waals surface area contributed by atoms with E-state index in [1.807, 2.05) is 6.92 Å². The number of hydrogen-bond donors (Lipinski definition) is 1. The molecule has 1 spiro atoms. The SMILES string of the molecule is CC1(C(=O)O)CCCCN1C1CCC2(CC1)OCCO2. The molecule has 114 valence electrons. The Kier molecular flexibility index (Phi) is 3.77. The van der Waals surface area contributed by atoms with E-state index in [4.69, 9.17) is 9.47 Å². The fourth-order valence-electron chi connectivity index (χ4n) is 4.10. The summed E-state index contributed by atoms with van der Waals surface area (Å²) in [5, 5.41) is 9.61. The predicted molar refractivity (Wildman–Crippen MR) is 73.5 cm³/mol. The van der Waals surface area contributed by atoms with Gasteiger partial charge >= 0.3 is 5.97 Å². The van der Waals surface area contributed by atoms with Crippen molar-refractivity contribution in [2.75, 3.05) is 19.8 Å². The summed E-state index contributed by atoms with van der Waals surface area (Å²) in [6.07, 6.45) is 6.62. The zero-order chi connectivity index (χ0) is 14.2. The highest BCUT2D eigenvalue weighted by molar-refractivity contribution is 5.78. The smallest absolute Gasteiger partial charge is 0.323 e. The molecule has 1 atom stereocenters. The van der Waals surface area contributed by atoms with Gasteiger partial charge in [-0.3, -0.25) is 9.69 Å². The fourth-order valence-corrected chi connectivity index (χ4v) is 4.10. The van der Waals surface area contributed by atoms with Gasteiger partial charge in [-0.1, -0.05) is 0 Å². The summed E-state index contributed by atoms with van der Waals surface area (Å²) in [6.45, 7) is 4.19. The van der Waals surface area contributed by atoms with Crippen molar-refractivity contribution in [3.05, 3.63) is 0 Å². The lowest BCUT2D eigenvalue weighted by Gasteiger charge is -2.49. The molecule has 5 heteroatoms. The summed E-state index contributed by atoms with van der Waals surface area (Å²) in [7, 11) is 0. The minimum atomic E-state index is -0.690. The van der Waals surface area contributed by atoms with Crippen LogP contribution < -0.4 is 0 Å². The quantitative estimate of drug-likeness (QED) is 0.840. The van der Waals surface area contributed by atoms with Crippen molar-refractivity contribution >= 4 is 5.97 Å². The number of ether oxygens (including phenoxy) is 2. The van der Waals surface area contributed by atoms with Crippen LogP contribution in [0.4, 0.5) is 0 Å². The molecule has 3 rings (SSSR count). The van der Waals surface area contributed by atoms with Crippen LogP contribution in [-0.4, -0.2) is 53.1 Å². The van der Waals surface area contributed by atoms with E-state index in [0.717, 1.165) is 51.5 Å². The first-order valence-electron chi connectivity index (χ1n) is 7.84. The Balaban J connectivity index is 1.68. The molecular weight excluding hydrogens is 258 g/mol. The first-order chi connectivity index (χ1) is 9.56. The Labute approximate surface area is 120 Å². The number of hydrogen-bond acceptors (Lipinski definition) is 4. The lowest BCUT2D eigenvalue weighted by molar-refractivity contribution is -0.190. The molecule has 1 unspecified atom stereocenters. The zero-order valence-electron chi connectivity index (χ0n) is 12.3. The topological polar surface area (TPSA) is 59.0 Å². The molecule has 3 fully saturated rings. The summed E-state index contributed by atoms with van der Waals surface area (Å²) in [5.41, 5.74) is -0.690.